The van der Waals surface area contributed by atoms with Crippen molar-refractivity contribution in [1.82, 2.24) is 5.06 Å². The number of hydrogen-bond acceptors (Lipinski definition) is 3. The summed E-state index contributed by atoms with van der Waals surface area (Å²) < 4.78 is 0. The van der Waals surface area contributed by atoms with Crippen molar-refractivity contribution in [1.29, 1.82) is 0 Å². The molecule has 3 atom stereocenters. The molecule has 2 rings (SSSR count). The topological polar surface area (TPSA) is 77.8 Å². The molecule has 2 fully saturated rings. The predicted octanol–water partition coefficient (Wildman–Crippen LogP) is 1.11. The summed E-state index contributed by atoms with van der Waals surface area (Å²) in [5.41, 5.74) is -1.02. The Morgan fingerprint density at radius 3 is 2.50 bits per heavy atom. The first-order chi connectivity index (χ1) is 7.23. The molecule has 0 spiro atoms. The van der Waals surface area contributed by atoms with E-state index in [9.17, 15) is 14.8 Å². The second-order valence-electron chi connectivity index (χ2n) is 5.63. The van der Waals surface area contributed by atoms with Gasteiger partial charge in [-0.05, 0) is 24.2 Å². The molecule has 0 unspecified atom stereocenters. The average Bonchev–Trinajstić information content (AvgIpc) is 2.33. The van der Waals surface area contributed by atoms with Crippen LogP contribution in [0.2, 0.25) is 0 Å². The molecule has 1 aliphatic heterocycles. The van der Waals surface area contributed by atoms with Gasteiger partial charge in [-0.3, -0.25) is 10.0 Å². The van der Waals surface area contributed by atoms with Gasteiger partial charge in [0.25, 0.3) is 5.91 Å². The maximum Gasteiger partial charge on any atom is 0.329 e. The van der Waals surface area contributed by atoms with Crippen LogP contribution in [0.15, 0.2) is 0 Å². The Kier molecular flexibility index (Phi) is 2.11. The van der Waals surface area contributed by atoms with Gasteiger partial charge in [-0.25, -0.2) is 9.86 Å². The fourth-order valence-electron chi connectivity index (χ4n) is 3.30. The molecule has 1 heterocycles. The van der Waals surface area contributed by atoms with E-state index in [1.807, 2.05) is 20.8 Å². The van der Waals surface area contributed by atoms with Crippen LogP contribution in [0.5, 0.6) is 0 Å². The number of hydrogen-bond donors (Lipinski definition) is 2. The number of fused-ring (bicyclic) bond motifs is 2. The van der Waals surface area contributed by atoms with Crippen molar-refractivity contribution in [2.45, 2.75) is 39.7 Å². The summed E-state index contributed by atoms with van der Waals surface area (Å²) >= 11 is 0. The molecular formula is C11H17NO4. The van der Waals surface area contributed by atoms with Gasteiger partial charge in [0, 0.05) is 0 Å². The van der Waals surface area contributed by atoms with Crippen LogP contribution in [-0.4, -0.2) is 33.3 Å². The third kappa shape index (κ3) is 1.04. The molecule has 1 amide bonds. The zero-order chi connectivity index (χ0) is 12.3. The van der Waals surface area contributed by atoms with E-state index in [1.54, 1.807) is 0 Å². The summed E-state index contributed by atoms with van der Waals surface area (Å²) in [6.45, 7) is 5.66. The van der Waals surface area contributed by atoms with Gasteiger partial charge in [-0.15, -0.1) is 0 Å². The molecule has 90 valence electrons. The molecule has 2 aliphatic rings. The summed E-state index contributed by atoms with van der Waals surface area (Å²) in [6.07, 6.45) is 1.31. The van der Waals surface area contributed by atoms with E-state index in [0.717, 1.165) is 0 Å². The van der Waals surface area contributed by atoms with Crippen LogP contribution in [0.1, 0.15) is 33.6 Å². The lowest BCUT2D eigenvalue weighted by Crippen LogP contribution is -2.62. The number of amides is 1. The number of carbonyl (C=O) groups excluding carboxylic acids is 1. The Balaban J connectivity index is 2.52. The van der Waals surface area contributed by atoms with Crippen LogP contribution in [-0.2, 0) is 9.59 Å². The largest absolute Gasteiger partial charge is 0.480 e. The molecule has 5 nitrogen and oxygen atoms in total. The lowest BCUT2D eigenvalue weighted by molar-refractivity contribution is -0.220. The summed E-state index contributed by atoms with van der Waals surface area (Å²) in [6, 6.07) is -1.10. The highest BCUT2D eigenvalue weighted by Gasteiger charge is 2.65. The molecule has 1 saturated carbocycles. The average molecular weight is 227 g/mol. The van der Waals surface area contributed by atoms with Gasteiger partial charge in [-0.1, -0.05) is 20.8 Å². The van der Waals surface area contributed by atoms with Crippen molar-refractivity contribution >= 4 is 11.9 Å². The molecule has 0 aromatic carbocycles. The van der Waals surface area contributed by atoms with Crippen LogP contribution in [0.3, 0.4) is 0 Å². The Labute approximate surface area is 94.0 Å². The highest BCUT2D eigenvalue weighted by atomic mass is 16.5. The highest BCUT2D eigenvalue weighted by molar-refractivity contribution is 5.89. The van der Waals surface area contributed by atoms with Gasteiger partial charge < -0.3 is 5.11 Å². The smallest absolute Gasteiger partial charge is 0.329 e. The second-order valence-corrected chi connectivity index (χ2v) is 5.63. The van der Waals surface area contributed by atoms with Crippen LogP contribution >= 0.6 is 0 Å². The predicted molar refractivity (Wildman–Crippen MR) is 54.7 cm³/mol. The normalized spacial score (nSPS) is 41.2. The first-order valence-electron chi connectivity index (χ1n) is 5.49. The number of aliphatic carboxylic acids is 1. The van der Waals surface area contributed by atoms with E-state index >= 15 is 0 Å². The van der Waals surface area contributed by atoms with Gasteiger partial charge in [0.2, 0.25) is 0 Å². The molecule has 2 N–H and O–H groups in total. The lowest BCUT2D eigenvalue weighted by Gasteiger charge is -2.49. The van der Waals surface area contributed by atoms with Crippen molar-refractivity contribution in [3.8, 4) is 0 Å². The number of nitrogens with zero attached hydrogens (tertiary/aromatic N) is 1. The van der Waals surface area contributed by atoms with E-state index in [-0.39, 0.29) is 11.3 Å². The van der Waals surface area contributed by atoms with Crippen LogP contribution in [0.25, 0.3) is 0 Å². The fraction of sp³-hybridized carbons (Fsp3) is 0.818. The Bertz CT molecular complexity index is 365. The van der Waals surface area contributed by atoms with Gasteiger partial charge in [0.1, 0.15) is 0 Å². The molecule has 16 heavy (non-hydrogen) atoms. The summed E-state index contributed by atoms with van der Waals surface area (Å²) in [4.78, 5) is 23.2. The molecule has 0 aromatic heterocycles. The first kappa shape index (κ1) is 11.4. The van der Waals surface area contributed by atoms with Crippen molar-refractivity contribution in [2.75, 3.05) is 0 Å². The Morgan fingerprint density at radius 2 is 2.00 bits per heavy atom. The van der Waals surface area contributed by atoms with Crippen LogP contribution in [0, 0.1) is 16.7 Å². The summed E-state index contributed by atoms with van der Waals surface area (Å²) in [5.74, 6) is -1.77. The zero-order valence-corrected chi connectivity index (χ0v) is 9.73. The molecular weight excluding hydrogens is 210 g/mol. The highest BCUT2D eigenvalue weighted by Crippen LogP contribution is 2.61. The quantitative estimate of drug-likeness (QED) is 0.658. The van der Waals surface area contributed by atoms with Crippen molar-refractivity contribution < 1.29 is 19.9 Å². The Hall–Kier alpha value is -1.10. The van der Waals surface area contributed by atoms with Gasteiger partial charge >= 0.3 is 5.97 Å². The monoisotopic (exact) mass is 227 g/mol. The summed E-state index contributed by atoms with van der Waals surface area (Å²) in [5, 5.41) is 19.2. The molecule has 0 radical (unpaired) electrons. The van der Waals surface area contributed by atoms with Crippen LogP contribution in [0.4, 0.5) is 0 Å². The van der Waals surface area contributed by atoms with Gasteiger partial charge in [-0.2, -0.15) is 0 Å². The summed E-state index contributed by atoms with van der Waals surface area (Å²) in [7, 11) is 0. The number of rotatable bonds is 1. The van der Waals surface area contributed by atoms with Gasteiger partial charge in [0.15, 0.2) is 6.04 Å². The van der Waals surface area contributed by atoms with E-state index in [2.05, 4.69) is 0 Å². The minimum Gasteiger partial charge on any atom is -0.480 e. The van der Waals surface area contributed by atoms with E-state index in [4.69, 9.17) is 5.11 Å². The molecule has 1 aliphatic carbocycles. The third-order valence-electron chi connectivity index (χ3n) is 4.88. The van der Waals surface area contributed by atoms with E-state index in [1.165, 1.54) is 0 Å². The lowest BCUT2D eigenvalue weighted by atomic mass is 9.61. The third-order valence-corrected chi connectivity index (χ3v) is 4.88. The maximum atomic E-state index is 12.0. The number of carboxylic acid groups (broad SMARTS) is 1. The molecule has 5 heteroatoms. The SMILES string of the molecule is CC1(C)[C@H]2CC[C@]1(C)C(=O)N(O)[C@H]2C(=O)O. The molecule has 2 bridgehead atoms. The zero-order valence-electron chi connectivity index (χ0n) is 9.73. The molecule has 0 aromatic rings. The molecule has 1 saturated heterocycles. The van der Waals surface area contributed by atoms with E-state index < -0.39 is 23.3 Å². The Morgan fingerprint density at radius 1 is 1.44 bits per heavy atom. The number of hydroxylamine groups is 2. The van der Waals surface area contributed by atoms with Crippen molar-refractivity contribution in [2.24, 2.45) is 16.7 Å². The second kappa shape index (κ2) is 2.97. The number of carboxylic acids is 1. The van der Waals surface area contributed by atoms with Crippen LogP contribution < -0.4 is 0 Å². The van der Waals surface area contributed by atoms with Gasteiger partial charge in [0.05, 0.1) is 5.41 Å². The minimum atomic E-state index is -1.13. The fourth-order valence-corrected chi connectivity index (χ4v) is 3.30. The minimum absolute atomic E-state index is 0.183. The maximum absolute atomic E-state index is 12.0. The van der Waals surface area contributed by atoms with E-state index in [0.29, 0.717) is 17.9 Å². The number of piperidine rings is 1. The van der Waals surface area contributed by atoms with Crippen molar-refractivity contribution in [3.63, 3.8) is 0 Å². The number of carbonyl (C=O) groups is 2. The standard InChI is InChI=1S/C11H17NO4/c1-10(2)6-4-5-11(10,3)9(15)12(16)7(6)8(13)14/h6-7,16H,4-5H2,1-3H3,(H,13,14)/t6-,7+,11+/m0/s1. The first-order valence-corrected chi connectivity index (χ1v) is 5.49. The van der Waals surface area contributed by atoms with Crippen molar-refractivity contribution in [3.05, 3.63) is 0 Å².